The summed E-state index contributed by atoms with van der Waals surface area (Å²) < 4.78 is 35.7. The number of amides is 2. The molecule has 0 radical (unpaired) electrons. The molecule has 0 atom stereocenters. The van der Waals surface area contributed by atoms with E-state index in [1.807, 2.05) is 25.1 Å². The summed E-state index contributed by atoms with van der Waals surface area (Å²) in [6.07, 6.45) is -2.65. The van der Waals surface area contributed by atoms with E-state index in [0.29, 0.717) is 19.7 Å². The van der Waals surface area contributed by atoms with Gasteiger partial charge in [-0.15, -0.1) is 0 Å². The number of alkyl halides is 2. The van der Waals surface area contributed by atoms with Crippen LogP contribution in [0.3, 0.4) is 0 Å². The molecule has 2 aromatic rings. The lowest BCUT2D eigenvalue weighted by atomic mass is 10.1. The molecule has 0 fully saturated rings. The zero-order chi connectivity index (χ0) is 19.4. The van der Waals surface area contributed by atoms with Crippen molar-refractivity contribution in [2.45, 2.75) is 19.9 Å². The van der Waals surface area contributed by atoms with E-state index < -0.39 is 19.1 Å². The van der Waals surface area contributed by atoms with Crippen LogP contribution in [-0.2, 0) is 6.54 Å². The van der Waals surface area contributed by atoms with Crippen LogP contribution in [-0.4, -0.2) is 37.1 Å². The van der Waals surface area contributed by atoms with Crippen molar-refractivity contribution in [1.82, 2.24) is 4.90 Å². The van der Waals surface area contributed by atoms with Gasteiger partial charge in [-0.3, -0.25) is 0 Å². The minimum absolute atomic E-state index is 0.0233. The number of nitrogens with one attached hydrogen (secondary N) is 1. The number of anilines is 1. The van der Waals surface area contributed by atoms with Gasteiger partial charge in [0.2, 0.25) is 0 Å². The zero-order valence-corrected chi connectivity index (χ0v) is 15.4. The van der Waals surface area contributed by atoms with E-state index in [9.17, 15) is 13.6 Å². The number of rotatable bonds is 4. The number of hydrogen-bond donors (Lipinski definition) is 1. The molecule has 0 unspecified atom stereocenters. The van der Waals surface area contributed by atoms with Crippen molar-refractivity contribution >= 4 is 23.3 Å². The fraction of sp³-hybridized carbons (Fsp3) is 0.316. The molecule has 27 heavy (non-hydrogen) atoms. The third-order valence-electron chi connectivity index (χ3n) is 4.05. The molecule has 0 saturated carbocycles. The Kier molecular flexibility index (Phi) is 6.01. The van der Waals surface area contributed by atoms with Crippen molar-refractivity contribution in [3.05, 3.63) is 52.5 Å². The average Bonchev–Trinajstić information content (AvgIpc) is 2.83. The summed E-state index contributed by atoms with van der Waals surface area (Å²) in [6.45, 7) is 2.27. The first-order valence-electron chi connectivity index (χ1n) is 8.42. The SMILES string of the molecule is Cc1ccc2c(c1)CN(C(=O)Nc1cccc(Cl)c1OCC(F)F)CCO2. The second-order valence-electron chi connectivity index (χ2n) is 6.13. The first-order valence-corrected chi connectivity index (χ1v) is 8.79. The van der Waals surface area contributed by atoms with E-state index in [0.717, 1.165) is 16.9 Å². The molecular weight excluding hydrogens is 378 g/mol. The Morgan fingerprint density at radius 1 is 1.37 bits per heavy atom. The van der Waals surface area contributed by atoms with Gasteiger partial charge >= 0.3 is 6.03 Å². The Balaban J connectivity index is 1.76. The predicted molar refractivity (Wildman–Crippen MR) is 99.1 cm³/mol. The lowest BCUT2D eigenvalue weighted by Crippen LogP contribution is -2.36. The Bertz CT molecular complexity index is 833. The number of aryl methyl sites for hydroxylation is 1. The largest absolute Gasteiger partial charge is 0.491 e. The first-order chi connectivity index (χ1) is 12.9. The quantitative estimate of drug-likeness (QED) is 0.813. The van der Waals surface area contributed by atoms with Gasteiger partial charge in [0.05, 0.1) is 23.8 Å². The second-order valence-corrected chi connectivity index (χ2v) is 6.54. The molecule has 8 heteroatoms. The lowest BCUT2D eigenvalue weighted by molar-refractivity contribution is 0.0823. The van der Waals surface area contributed by atoms with E-state index >= 15 is 0 Å². The number of benzene rings is 2. The van der Waals surface area contributed by atoms with Gasteiger partial charge in [0.15, 0.2) is 5.75 Å². The second kappa shape index (κ2) is 8.43. The standard InChI is InChI=1S/C19H19ClF2N2O3/c1-12-5-6-16-13(9-12)10-24(7-8-26-16)19(25)23-15-4-2-3-14(20)18(15)27-11-17(21)22/h2-6,9,17H,7-8,10-11H2,1H3,(H,23,25). The highest BCUT2D eigenvalue weighted by molar-refractivity contribution is 6.32. The van der Waals surface area contributed by atoms with Crippen molar-refractivity contribution in [2.24, 2.45) is 0 Å². The summed E-state index contributed by atoms with van der Waals surface area (Å²) in [5.74, 6) is 0.773. The molecule has 2 aromatic carbocycles. The van der Waals surface area contributed by atoms with Crippen molar-refractivity contribution in [3.63, 3.8) is 0 Å². The maximum atomic E-state index is 12.7. The average molecular weight is 397 g/mol. The summed E-state index contributed by atoms with van der Waals surface area (Å²) in [4.78, 5) is 14.3. The van der Waals surface area contributed by atoms with Crippen LogP contribution in [0, 0.1) is 6.92 Å². The van der Waals surface area contributed by atoms with Gasteiger partial charge < -0.3 is 19.7 Å². The molecule has 3 rings (SSSR count). The third-order valence-corrected chi connectivity index (χ3v) is 4.34. The smallest absolute Gasteiger partial charge is 0.322 e. The lowest BCUT2D eigenvalue weighted by Gasteiger charge is -2.22. The molecule has 5 nitrogen and oxygen atoms in total. The normalized spacial score (nSPS) is 13.6. The van der Waals surface area contributed by atoms with Crippen LogP contribution < -0.4 is 14.8 Å². The van der Waals surface area contributed by atoms with Crippen molar-refractivity contribution < 1.29 is 23.0 Å². The van der Waals surface area contributed by atoms with Crippen molar-refractivity contribution in [2.75, 3.05) is 25.1 Å². The van der Waals surface area contributed by atoms with Crippen molar-refractivity contribution in [1.29, 1.82) is 0 Å². The molecule has 0 saturated heterocycles. The molecule has 1 aliphatic heterocycles. The fourth-order valence-electron chi connectivity index (χ4n) is 2.79. The molecule has 2 amide bonds. The number of nitrogens with zero attached hydrogens (tertiary/aromatic N) is 1. The highest BCUT2D eigenvalue weighted by Gasteiger charge is 2.22. The summed E-state index contributed by atoms with van der Waals surface area (Å²) in [7, 11) is 0. The maximum Gasteiger partial charge on any atom is 0.322 e. The maximum absolute atomic E-state index is 12.7. The van der Waals surface area contributed by atoms with E-state index in [-0.39, 0.29) is 16.5 Å². The zero-order valence-electron chi connectivity index (χ0n) is 14.7. The van der Waals surface area contributed by atoms with Gasteiger partial charge in [0.1, 0.15) is 19.0 Å². The molecule has 0 aliphatic carbocycles. The monoisotopic (exact) mass is 396 g/mol. The Labute approximate surface area is 160 Å². The molecule has 144 valence electrons. The molecule has 0 spiro atoms. The minimum Gasteiger partial charge on any atom is -0.491 e. The molecule has 0 bridgehead atoms. The number of para-hydroxylation sites is 1. The highest BCUT2D eigenvalue weighted by Crippen LogP contribution is 2.33. The van der Waals surface area contributed by atoms with Crippen LogP contribution in [0.15, 0.2) is 36.4 Å². The van der Waals surface area contributed by atoms with Gasteiger partial charge in [-0.2, -0.15) is 0 Å². The number of carbonyl (C=O) groups excluding carboxylic acids is 1. The van der Waals surface area contributed by atoms with Crippen LogP contribution in [0.5, 0.6) is 11.5 Å². The summed E-state index contributed by atoms with van der Waals surface area (Å²) in [5, 5.41) is 2.84. The van der Waals surface area contributed by atoms with Gasteiger partial charge in [0.25, 0.3) is 6.43 Å². The Morgan fingerprint density at radius 3 is 2.96 bits per heavy atom. The van der Waals surface area contributed by atoms with Gasteiger partial charge in [-0.1, -0.05) is 35.4 Å². The number of urea groups is 1. The minimum atomic E-state index is -2.65. The molecule has 0 aromatic heterocycles. The Hall–Kier alpha value is -2.54. The Morgan fingerprint density at radius 2 is 2.19 bits per heavy atom. The number of hydrogen-bond acceptors (Lipinski definition) is 3. The summed E-state index contributed by atoms with van der Waals surface area (Å²) in [5.41, 5.74) is 2.21. The number of halogens is 3. The third kappa shape index (κ3) is 4.80. The molecule has 1 aliphatic rings. The molecule has 1 heterocycles. The van der Waals surface area contributed by atoms with E-state index in [1.165, 1.54) is 6.07 Å². The van der Waals surface area contributed by atoms with Crippen LogP contribution in [0.4, 0.5) is 19.3 Å². The van der Waals surface area contributed by atoms with E-state index in [2.05, 4.69) is 5.32 Å². The highest BCUT2D eigenvalue weighted by atomic mass is 35.5. The number of carbonyl (C=O) groups is 1. The fourth-order valence-corrected chi connectivity index (χ4v) is 3.02. The van der Waals surface area contributed by atoms with Crippen LogP contribution in [0.1, 0.15) is 11.1 Å². The van der Waals surface area contributed by atoms with Gasteiger partial charge in [0, 0.05) is 5.56 Å². The van der Waals surface area contributed by atoms with Gasteiger partial charge in [-0.05, 0) is 25.1 Å². The van der Waals surface area contributed by atoms with Crippen LogP contribution >= 0.6 is 11.6 Å². The van der Waals surface area contributed by atoms with Gasteiger partial charge in [-0.25, -0.2) is 13.6 Å². The summed E-state index contributed by atoms with van der Waals surface area (Å²) in [6, 6.07) is 10.1. The van der Waals surface area contributed by atoms with Crippen LogP contribution in [0.2, 0.25) is 5.02 Å². The topological polar surface area (TPSA) is 50.8 Å². The molecular formula is C19H19ClF2N2O3. The van der Waals surface area contributed by atoms with E-state index in [4.69, 9.17) is 21.1 Å². The number of ether oxygens (including phenoxy) is 2. The first kappa shape index (κ1) is 19.2. The number of fused-ring (bicyclic) bond motifs is 1. The summed E-state index contributed by atoms with van der Waals surface area (Å²) >= 11 is 6.04. The van der Waals surface area contributed by atoms with E-state index in [1.54, 1.807) is 17.0 Å². The van der Waals surface area contributed by atoms with Crippen LogP contribution in [0.25, 0.3) is 0 Å². The van der Waals surface area contributed by atoms with Crippen molar-refractivity contribution in [3.8, 4) is 11.5 Å². The molecule has 1 N–H and O–H groups in total. The predicted octanol–water partition coefficient (Wildman–Crippen LogP) is 4.72.